The Morgan fingerprint density at radius 2 is 1.37 bits per heavy atom. The molecule has 0 aromatic rings. The first-order valence-electron chi connectivity index (χ1n) is 9.70. The van der Waals surface area contributed by atoms with Crippen molar-refractivity contribution in [3.63, 3.8) is 0 Å². The van der Waals surface area contributed by atoms with Crippen molar-refractivity contribution in [2.24, 2.45) is 0 Å². The van der Waals surface area contributed by atoms with Crippen LogP contribution >= 0.6 is 0 Å². The lowest BCUT2D eigenvalue weighted by molar-refractivity contribution is -0.139. The summed E-state index contributed by atoms with van der Waals surface area (Å²) in [5, 5.41) is 0. The number of rotatable bonds is 6. The van der Waals surface area contributed by atoms with Crippen molar-refractivity contribution in [1.82, 2.24) is 0 Å². The third-order valence-corrected chi connectivity index (χ3v) is 4.68. The summed E-state index contributed by atoms with van der Waals surface area (Å²) in [6.45, 7) is 6.04. The summed E-state index contributed by atoms with van der Waals surface area (Å²) in [7, 11) is 0. The van der Waals surface area contributed by atoms with Crippen LogP contribution in [0.5, 0.6) is 0 Å². The molecule has 2 aliphatic carbocycles. The van der Waals surface area contributed by atoms with Crippen LogP contribution in [0.1, 0.15) is 59.3 Å². The van der Waals surface area contributed by atoms with Gasteiger partial charge in [0.2, 0.25) is 0 Å². The van der Waals surface area contributed by atoms with Crippen LogP contribution in [0.2, 0.25) is 0 Å². The summed E-state index contributed by atoms with van der Waals surface area (Å²) < 4.78 is 15.5. The summed E-state index contributed by atoms with van der Waals surface area (Å²) in [4.78, 5) is 37.3. The fraction of sp³-hybridized carbons (Fsp3) is 0.571. The van der Waals surface area contributed by atoms with E-state index in [0.29, 0.717) is 42.6 Å². The second-order valence-corrected chi connectivity index (χ2v) is 6.38. The molecular weight excluding hydrogens is 348 g/mol. The zero-order valence-electron chi connectivity index (χ0n) is 16.4. The second kappa shape index (κ2) is 10.1. The van der Waals surface area contributed by atoms with E-state index in [4.69, 9.17) is 14.2 Å². The van der Waals surface area contributed by atoms with Crippen LogP contribution in [0.4, 0.5) is 0 Å². The first-order chi connectivity index (χ1) is 13.0. The molecule has 6 nitrogen and oxygen atoms in total. The molecule has 1 saturated carbocycles. The van der Waals surface area contributed by atoms with Gasteiger partial charge in [0.15, 0.2) is 0 Å². The van der Waals surface area contributed by atoms with Crippen LogP contribution in [-0.4, -0.2) is 37.7 Å². The van der Waals surface area contributed by atoms with Crippen LogP contribution in [0.3, 0.4) is 0 Å². The molecule has 0 amide bonds. The Hall–Kier alpha value is -2.37. The normalized spacial score (nSPS) is 18.7. The number of esters is 3. The van der Waals surface area contributed by atoms with Crippen LogP contribution in [0.15, 0.2) is 33.9 Å². The lowest BCUT2D eigenvalue weighted by Crippen LogP contribution is -2.16. The summed E-state index contributed by atoms with van der Waals surface area (Å²) in [6.07, 6.45) is 5.44. The maximum absolute atomic E-state index is 12.7. The predicted molar refractivity (Wildman–Crippen MR) is 99.7 cm³/mol. The van der Waals surface area contributed by atoms with E-state index in [1.165, 1.54) is 6.08 Å². The molecule has 0 spiro atoms. The predicted octanol–water partition coefficient (Wildman–Crippen LogP) is 3.56. The van der Waals surface area contributed by atoms with Gasteiger partial charge in [-0.15, -0.1) is 0 Å². The molecule has 0 aromatic heterocycles. The first kappa shape index (κ1) is 20.9. The number of carbonyl (C=O) groups is 3. The molecule has 2 rings (SSSR count). The van der Waals surface area contributed by atoms with E-state index in [2.05, 4.69) is 0 Å². The van der Waals surface area contributed by atoms with Crippen molar-refractivity contribution in [1.29, 1.82) is 0 Å². The van der Waals surface area contributed by atoms with Gasteiger partial charge >= 0.3 is 17.9 Å². The van der Waals surface area contributed by atoms with Gasteiger partial charge in [0.25, 0.3) is 0 Å². The third-order valence-electron chi connectivity index (χ3n) is 4.68. The summed E-state index contributed by atoms with van der Waals surface area (Å²) >= 11 is 0. The molecule has 6 heteroatoms. The van der Waals surface area contributed by atoms with E-state index in [1.54, 1.807) is 20.8 Å². The topological polar surface area (TPSA) is 78.9 Å². The standard InChI is InChI=1S/C21H28O6/c1-4-25-18(22)13-14-11-12-17(20(23)26-5-2)15-9-7-8-10-16(15)19(14)21(24)27-6-3/h13H,4-12H2,1-3H3/b14-13+. The molecule has 0 bridgehead atoms. The number of allylic oxidation sites excluding steroid dienone is 2. The number of hydrogen-bond donors (Lipinski definition) is 0. The Labute approximate surface area is 160 Å². The van der Waals surface area contributed by atoms with Crippen molar-refractivity contribution < 1.29 is 28.6 Å². The van der Waals surface area contributed by atoms with E-state index in [1.807, 2.05) is 0 Å². The van der Waals surface area contributed by atoms with E-state index in [-0.39, 0.29) is 19.2 Å². The average Bonchev–Trinajstić information content (AvgIpc) is 2.79. The zero-order chi connectivity index (χ0) is 19.8. The minimum Gasteiger partial charge on any atom is -0.463 e. The minimum atomic E-state index is -0.494. The van der Waals surface area contributed by atoms with Gasteiger partial charge in [0, 0.05) is 11.6 Å². The zero-order valence-corrected chi connectivity index (χ0v) is 16.4. The molecule has 0 N–H and O–H groups in total. The number of fused-ring (bicyclic) bond motifs is 1. The van der Waals surface area contributed by atoms with Crippen molar-refractivity contribution in [2.45, 2.75) is 59.3 Å². The fourth-order valence-corrected chi connectivity index (χ4v) is 3.62. The molecule has 0 heterocycles. The Morgan fingerprint density at radius 3 is 2.00 bits per heavy atom. The van der Waals surface area contributed by atoms with E-state index in [9.17, 15) is 14.4 Å². The Kier molecular flexibility index (Phi) is 7.82. The molecule has 2 aliphatic rings. The summed E-state index contributed by atoms with van der Waals surface area (Å²) in [5.41, 5.74) is 3.30. The maximum atomic E-state index is 12.7. The van der Waals surface area contributed by atoms with Crippen LogP contribution in [-0.2, 0) is 28.6 Å². The van der Waals surface area contributed by atoms with Gasteiger partial charge in [0.1, 0.15) is 0 Å². The Balaban J connectivity index is 2.59. The van der Waals surface area contributed by atoms with Gasteiger partial charge in [-0.3, -0.25) is 0 Å². The molecular formula is C21H28O6. The molecule has 0 aliphatic heterocycles. The smallest absolute Gasteiger partial charge is 0.338 e. The highest BCUT2D eigenvalue weighted by molar-refractivity contribution is 6.00. The van der Waals surface area contributed by atoms with Crippen molar-refractivity contribution in [3.05, 3.63) is 33.9 Å². The number of ether oxygens (including phenoxy) is 3. The molecule has 0 atom stereocenters. The molecule has 0 unspecified atom stereocenters. The Morgan fingerprint density at radius 1 is 0.778 bits per heavy atom. The maximum Gasteiger partial charge on any atom is 0.338 e. The van der Waals surface area contributed by atoms with Gasteiger partial charge < -0.3 is 14.2 Å². The Bertz CT molecular complexity index is 695. The highest BCUT2D eigenvalue weighted by atomic mass is 16.5. The third kappa shape index (κ3) is 5.08. The van der Waals surface area contributed by atoms with Crippen molar-refractivity contribution >= 4 is 17.9 Å². The van der Waals surface area contributed by atoms with Crippen molar-refractivity contribution in [2.75, 3.05) is 19.8 Å². The van der Waals surface area contributed by atoms with E-state index < -0.39 is 11.9 Å². The average molecular weight is 376 g/mol. The van der Waals surface area contributed by atoms with E-state index in [0.717, 1.165) is 30.4 Å². The van der Waals surface area contributed by atoms with Crippen LogP contribution in [0, 0.1) is 0 Å². The van der Waals surface area contributed by atoms with Gasteiger partial charge in [-0.1, -0.05) is 0 Å². The van der Waals surface area contributed by atoms with Gasteiger partial charge in [0.05, 0.1) is 25.4 Å². The fourth-order valence-electron chi connectivity index (χ4n) is 3.62. The highest BCUT2D eigenvalue weighted by Gasteiger charge is 2.32. The number of carbonyl (C=O) groups excluding carboxylic acids is 3. The second-order valence-electron chi connectivity index (χ2n) is 6.38. The monoisotopic (exact) mass is 376 g/mol. The molecule has 0 radical (unpaired) electrons. The molecule has 0 aromatic carbocycles. The summed E-state index contributed by atoms with van der Waals surface area (Å²) in [6, 6.07) is 0. The van der Waals surface area contributed by atoms with Gasteiger partial charge in [-0.2, -0.15) is 0 Å². The highest BCUT2D eigenvalue weighted by Crippen LogP contribution is 2.41. The van der Waals surface area contributed by atoms with Crippen LogP contribution < -0.4 is 0 Å². The molecule has 1 fully saturated rings. The minimum absolute atomic E-state index is 0.242. The SMILES string of the molecule is CCOC(=O)/C=C1\CCC(C(=O)OCC)=C2CCCCC2=C1C(=O)OCC. The quantitative estimate of drug-likeness (QED) is 0.401. The van der Waals surface area contributed by atoms with E-state index >= 15 is 0 Å². The van der Waals surface area contributed by atoms with Crippen LogP contribution in [0.25, 0.3) is 0 Å². The lowest BCUT2D eigenvalue weighted by atomic mass is 9.83. The lowest BCUT2D eigenvalue weighted by Gasteiger charge is -2.22. The van der Waals surface area contributed by atoms with Crippen molar-refractivity contribution in [3.8, 4) is 0 Å². The van der Waals surface area contributed by atoms with Gasteiger partial charge in [-0.25, -0.2) is 14.4 Å². The molecule has 27 heavy (non-hydrogen) atoms. The molecule has 148 valence electrons. The largest absolute Gasteiger partial charge is 0.463 e. The molecule has 0 saturated heterocycles. The van der Waals surface area contributed by atoms with Gasteiger partial charge in [-0.05, 0) is 76.0 Å². The summed E-state index contributed by atoms with van der Waals surface area (Å²) in [5.74, 6) is -1.29. The number of hydrogen-bond acceptors (Lipinski definition) is 6. The first-order valence-corrected chi connectivity index (χ1v) is 9.70.